The Bertz CT molecular complexity index is 1300. The Hall–Kier alpha value is -3.80. The molecule has 0 aliphatic heterocycles. The number of benzene rings is 2. The van der Waals surface area contributed by atoms with Crippen LogP contribution in [0.5, 0.6) is 0 Å². The number of amides is 1. The van der Waals surface area contributed by atoms with Gasteiger partial charge in [0.25, 0.3) is 5.56 Å². The quantitative estimate of drug-likeness (QED) is 0.519. The lowest BCUT2D eigenvalue weighted by Gasteiger charge is -2.14. The van der Waals surface area contributed by atoms with E-state index in [0.717, 1.165) is 16.8 Å². The number of pyridine rings is 1. The van der Waals surface area contributed by atoms with Crippen LogP contribution in [-0.4, -0.2) is 20.4 Å². The highest BCUT2D eigenvalue weighted by atomic mass is 16.1. The Kier molecular flexibility index (Phi) is 5.89. The zero-order chi connectivity index (χ0) is 21.8. The lowest BCUT2D eigenvalue weighted by atomic mass is 10.1. The van der Waals surface area contributed by atoms with Crippen molar-refractivity contribution in [1.82, 2.24) is 14.5 Å². The van der Waals surface area contributed by atoms with Gasteiger partial charge in [0.05, 0.1) is 11.9 Å². The summed E-state index contributed by atoms with van der Waals surface area (Å²) in [5.41, 5.74) is 4.32. The molecule has 0 aliphatic carbocycles. The second-order valence-electron chi connectivity index (χ2n) is 7.63. The minimum absolute atomic E-state index is 0.120. The average Bonchev–Trinajstić information content (AvgIpc) is 2.78. The molecule has 0 bridgehead atoms. The summed E-state index contributed by atoms with van der Waals surface area (Å²) in [6.45, 7) is 4.44. The molecule has 2 aromatic carbocycles. The summed E-state index contributed by atoms with van der Waals surface area (Å²) >= 11 is 0. The Morgan fingerprint density at radius 2 is 1.81 bits per heavy atom. The van der Waals surface area contributed by atoms with Crippen LogP contribution in [0.15, 0.2) is 71.7 Å². The van der Waals surface area contributed by atoms with Crippen molar-refractivity contribution in [2.75, 3.05) is 5.32 Å². The van der Waals surface area contributed by atoms with Gasteiger partial charge in [-0.2, -0.15) is 0 Å². The van der Waals surface area contributed by atoms with Crippen molar-refractivity contribution in [3.8, 4) is 0 Å². The standard InChI is InChI=1S/C25H24N4O2/c1-17-10-11-20(15-18(17)2)27-23(30)13-12-22-28-24-21(9-6-14-26-24)25(31)29(22)16-19-7-4-3-5-8-19/h3-11,14-15H,12-13,16H2,1-2H3,(H,27,30). The van der Waals surface area contributed by atoms with Crippen LogP contribution in [0.3, 0.4) is 0 Å². The first-order valence-corrected chi connectivity index (χ1v) is 10.3. The number of rotatable bonds is 6. The van der Waals surface area contributed by atoms with Crippen molar-refractivity contribution in [2.45, 2.75) is 33.2 Å². The number of anilines is 1. The molecule has 2 heterocycles. The first-order chi connectivity index (χ1) is 15.0. The SMILES string of the molecule is Cc1ccc(NC(=O)CCc2nc3ncccc3c(=O)n2Cc2ccccc2)cc1C. The van der Waals surface area contributed by atoms with E-state index in [9.17, 15) is 9.59 Å². The molecule has 0 aliphatic rings. The molecular weight excluding hydrogens is 388 g/mol. The van der Waals surface area contributed by atoms with Crippen molar-refractivity contribution in [2.24, 2.45) is 0 Å². The van der Waals surface area contributed by atoms with Crippen LogP contribution >= 0.6 is 0 Å². The van der Waals surface area contributed by atoms with Crippen LogP contribution in [0.2, 0.25) is 0 Å². The minimum Gasteiger partial charge on any atom is -0.326 e. The number of nitrogens with zero attached hydrogens (tertiary/aromatic N) is 3. The normalized spacial score (nSPS) is 10.9. The molecule has 0 fully saturated rings. The van der Waals surface area contributed by atoms with Crippen LogP contribution in [0, 0.1) is 13.8 Å². The summed E-state index contributed by atoms with van der Waals surface area (Å²) in [4.78, 5) is 34.5. The number of aromatic nitrogens is 3. The maximum Gasteiger partial charge on any atom is 0.263 e. The fourth-order valence-corrected chi connectivity index (χ4v) is 3.49. The molecule has 31 heavy (non-hydrogen) atoms. The van der Waals surface area contributed by atoms with Gasteiger partial charge in [-0.15, -0.1) is 0 Å². The molecule has 4 aromatic rings. The van der Waals surface area contributed by atoms with Crippen molar-refractivity contribution in [3.05, 3.63) is 99.7 Å². The summed E-state index contributed by atoms with van der Waals surface area (Å²) in [5.74, 6) is 0.431. The molecule has 1 N–H and O–H groups in total. The minimum atomic E-state index is -0.147. The number of fused-ring (bicyclic) bond motifs is 1. The van der Waals surface area contributed by atoms with Crippen LogP contribution in [0.25, 0.3) is 11.0 Å². The second-order valence-corrected chi connectivity index (χ2v) is 7.63. The Morgan fingerprint density at radius 1 is 1.00 bits per heavy atom. The molecule has 6 nitrogen and oxygen atoms in total. The van der Waals surface area contributed by atoms with Crippen LogP contribution in [0.1, 0.15) is 28.9 Å². The monoisotopic (exact) mass is 412 g/mol. The molecule has 0 radical (unpaired) electrons. The number of carbonyl (C=O) groups excluding carboxylic acids is 1. The highest BCUT2D eigenvalue weighted by molar-refractivity contribution is 5.91. The van der Waals surface area contributed by atoms with Gasteiger partial charge >= 0.3 is 0 Å². The maximum absolute atomic E-state index is 13.1. The molecule has 1 amide bonds. The number of hydrogen-bond acceptors (Lipinski definition) is 4. The number of nitrogens with one attached hydrogen (secondary N) is 1. The number of aryl methyl sites for hydroxylation is 3. The lowest BCUT2D eigenvalue weighted by Crippen LogP contribution is -2.27. The van der Waals surface area contributed by atoms with Gasteiger partial charge in [0.1, 0.15) is 5.82 Å². The van der Waals surface area contributed by atoms with E-state index < -0.39 is 0 Å². The molecule has 6 heteroatoms. The Labute approximate surface area is 180 Å². The van der Waals surface area contributed by atoms with Gasteiger partial charge in [0.2, 0.25) is 5.91 Å². The smallest absolute Gasteiger partial charge is 0.263 e. The van der Waals surface area contributed by atoms with Crippen molar-refractivity contribution < 1.29 is 4.79 Å². The zero-order valence-corrected chi connectivity index (χ0v) is 17.6. The summed E-state index contributed by atoms with van der Waals surface area (Å²) in [6, 6.07) is 19.0. The third-order valence-corrected chi connectivity index (χ3v) is 5.36. The topological polar surface area (TPSA) is 76.9 Å². The highest BCUT2D eigenvalue weighted by Crippen LogP contribution is 2.15. The average molecular weight is 412 g/mol. The first kappa shape index (κ1) is 20.5. The fourth-order valence-electron chi connectivity index (χ4n) is 3.49. The van der Waals surface area contributed by atoms with E-state index in [1.165, 1.54) is 5.56 Å². The summed E-state index contributed by atoms with van der Waals surface area (Å²) in [7, 11) is 0. The fraction of sp³-hybridized carbons (Fsp3) is 0.200. The number of carbonyl (C=O) groups is 1. The van der Waals surface area contributed by atoms with E-state index in [-0.39, 0.29) is 17.9 Å². The predicted molar refractivity (Wildman–Crippen MR) is 122 cm³/mol. The van der Waals surface area contributed by atoms with Gasteiger partial charge in [-0.1, -0.05) is 36.4 Å². The summed E-state index contributed by atoms with van der Waals surface area (Å²) in [5, 5.41) is 3.41. The Balaban J connectivity index is 1.59. The molecule has 0 atom stereocenters. The lowest BCUT2D eigenvalue weighted by molar-refractivity contribution is -0.116. The predicted octanol–water partition coefficient (Wildman–Crippen LogP) is 4.03. The summed E-state index contributed by atoms with van der Waals surface area (Å²) < 4.78 is 1.64. The van der Waals surface area contributed by atoms with Crippen LogP contribution in [0.4, 0.5) is 5.69 Å². The Morgan fingerprint density at radius 3 is 2.58 bits per heavy atom. The molecule has 0 unspecified atom stereocenters. The van der Waals surface area contributed by atoms with Crippen LogP contribution < -0.4 is 10.9 Å². The zero-order valence-electron chi connectivity index (χ0n) is 17.6. The summed E-state index contributed by atoms with van der Waals surface area (Å²) in [6.07, 6.45) is 2.17. The van der Waals surface area contributed by atoms with E-state index >= 15 is 0 Å². The van der Waals surface area contributed by atoms with Gasteiger partial charge in [-0.05, 0) is 54.8 Å². The van der Waals surface area contributed by atoms with Crippen molar-refractivity contribution in [3.63, 3.8) is 0 Å². The van der Waals surface area contributed by atoms with E-state index in [1.54, 1.807) is 22.9 Å². The molecule has 0 saturated heterocycles. The molecule has 156 valence electrons. The third-order valence-electron chi connectivity index (χ3n) is 5.36. The number of hydrogen-bond donors (Lipinski definition) is 1. The molecule has 0 saturated carbocycles. The van der Waals surface area contributed by atoms with Gasteiger partial charge < -0.3 is 5.32 Å². The van der Waals surface area contributed by atoms with Gasteiger partial charge in [0.15, 0.2) is 5.65 Å². The van der Waals surface area contributed by atoms with Gasteiger partial charge in [0, 0.05) is 24.7 Å². The molecule has 0 spiro atoms. The molecular formula is C25H24N4O2. The van der Waals surface area contributed by atoms with E-state index in [0.29, 0.717) is 29.8 Å². The highest BCUT2D eigenvalue weighted by Gasteiger charge is 2.14. The molecule has 2 aromatic heterocycles. The maximum atomic E-state index is 13.1. The second kappa shape index (κ2) is 8.92. The van der Waals surface area contributed by atoms with E-state index in [4.69, 9.17) is 0 Å². The first-order valence-electron chi connectivity index (χ1n) is 10.3. The van der Waals surface area contributed by atoms with E-state index in [2.05, 4.69) is 15.3 Å². The molecule has 4 rings (SSSR count). The van der Waals surface area contributed by atoms with Crippen molar-refractivity contribution in [1.29, 1.82) is 0 Å². The van der Waals surface area contributed by atoms with E-state index in [1.807, 2.05) is 62.4 Å². The largest absolute Gasteiger partial charge is 0.326 e. The van der Waals surface area contributed by atoms with Crippen LogP contribution in [-0.2, 0) is 17.8 Å². The van der Waals surface area contributed by atoms with Crippen molar-refractivity contribution >= 4 is 22.6 Å². The van der Waals surface area contributed by atoms with Gasteiger partial charge in [-0.25, -0.2) is 9.97 Å². The van der Waals surface area contributed by atoms with Gasteiger partial charge in [-0.3, -0.25) is 14.2 Å². The third kappa shape index (κ3) is 4.69.